The standard InChI is InChI=1S/C15H19F2N3O/c1-4-18-14(11-8-10(16)6-7-12(11)17)15-13(21-3)9-19-20(15)5-2/h6-9,14,18H,4-5H2,1-3H3. The Hall–Kier alpha value is -1.95. The highest BCUT2D eigenvalue weighted by Crippen LogP contribution is 2.31. The summed E-state index contributed by atoms with van der Waals surface area (Å²) in [6.07, 6.45) is 1.58. The molecule has 0 bridgehead atoms. The fourth-order valence-electron chi connectivity index (χ4n) is 2.37. The summed E-state index contributed by atoms with van der Waals surface area (Å²) in [4.78, 5) is 0. The van der Waals surface area contributed by atoms with Crippen molar-refractivity contribution in [1.29, 1.82) is 0 Å². The van der Waals surface area contributed by atoms with E-state index in [4.69, 9.17) is 4.74 Å². The van der Waals surface area contributed by atoms with Gasteiger partial charge in [-0.3, -0.25) is 4.68 Å². The second kappa shape index (κ2) is 6.67. The van der Waals surface area contributed by atoms with E-state index in [0.717, 1.165) is 12.1 Å². The van der Waals surface area contributed by atoms with Crippen LogP contribution in [0.1, 0.15) is 31.1 Å². The van der Waals surface area contributed by atoms with E-state index in [1.807, 2.05) is 13.8 Å². The molecule has 114 valence electrons. The summed E-state index contributed by atoms with van der Waals surface area (Å²) in [6, 6.07) is 2.92. The van der Waals surface area contributed by atoms with Gasteiger partial charge in [-0.2, -0.15) is 5.10 Å². The van der Waals surface area contributed by atoms with Gasteiger partial charge in [0.25, 0.3) is 0 Å². The first-order valence-electron chi connectivity index (χ1n) is 6.90. The molecule has 0 aliphatic rings. The molecule has 1 aromatic carbocycles. The number of nitrogens with zero attached hydrogens (tertiary/aromatic N) is 2. The molecule has 1 aromatic heterocycles. The van der Waals surface area contributed by atoms with E-state index in [0.29, 0.717) is 24.5 Å². The van der Waals surface area contributed by atoms with Crippen molar-refractivity contribution in [2.75, 3.05) is 13.7 Å². The molecule has 4 nitrogen and oxygen atoms in total. The van der Waals surface area contributed by atoms with E-state index < -0.39 is 17.7 Å². The van der Waals surface area contributed by atoms with Crippen LogP contribution in [0.15, 0.2) is 24.4 Å². The summed E-state index contributed by atoms with van der Waals surface area (Å²) in [5, 5.41) is 7.39. The van der Waals surface area contributed by atoms with Gasteiger partial charge in [-0.25, -0.2) is 8.78 Å². The SMILES string of the molecule is CCNC(c1cc(F)ccc1F)c1c(OC)cnn1CC. The second-order valence-electron chi connectivity index (χ2n) is 4.57. The van der Waals surface area contributed by atoms with Crippen LogP contribution < -0.4 is 10.1 Å². The van der Waals surface area contributed by atoms with Crippen molar-refractivity contribution in [3.05, 3.63) is 47.3 Å². The molecule has 0 spiro atoms. The Bertz CT molecular complexity index is 591. The molecule has 0 aliphatic heterocycles. The minimum Gasteiger partial charge on any atom is -0.493 e. The lowest BCUT2D eigenvalue weighted by Crippen LogP contribution is -2.26. The molecule has 0 saturated carbocycles. The second-order valence-corrected chi connectivity index (χ2v) is 4.57. The normalized spacial score (nSPS) is 12.4. The number of hydrogen-bond donors (Lipinski definition) is 1. The topological polar surface area (TPSA) is 39.1 Å². The first-order chi connectivity index (χ1) is 10.1. The van der Waals surface area contributed by atoms with Gasteiger partial charge in [-0.05, 0) is 31.7 Å². The van der Waals surface area contributed by atoms with E-state index in [9.17, 15) is 8.78 Å². The number of methoxy groups -OCH3 is 1. The van der Waals surface area contributed by atoms with E-state index in [2.05, 4.69) is 10.4 Å². The van der Waals surface area contributed by atoms with Gasteiger partial charge in [-0.1, -0.05) is 6.92 Å². The average molecular weight is 295 g/mol. The van der Waals surface area contributed by atoms with Crippen molar-refractivity contribution in [3.63, 3.8) is 0 Å². The molecule has 1 atom stereocenters. The third kappa shape index (κ3) is 3.05. The molecule has 1 N–H and O–H groups in total. The van der Waals surface area contributed by atoms with Gasteiger partial charge in [0.15, 0.2) is 5.75 Å². The highest BCUT2D eigenvalue weighted by Gasteiger charge is 2.25. The molecule has 21 heavy (non-hydrogen) atoms. The average Bonchev–Trinajstić information content (AvgIpc) is 2.90. The van der Waals surface area contributed by atoms with E-state index in [-0.39, 0.29) is 5.56 Å². The number of rotatable bonds is 6. The number of nitrogens with one attached hydrogen (secondary N) is 1. The zero-order valence-electron chi connectivity index (χ0n) is 12.4. The van der Waals surface area contributed by atoms with Gasteiger partial charge >= 0.3 is 0 Å². The Morgan fingerprint density at radius 1 is 1.33 bits per heavy atom. The summed E-state index contributed by atoms with van der Waals surface area (Å²) in [6.45, 7) is 5.04. The van der Waals surface area contributed by atoms with Crippen LogP contribution in [-0.4, -0.2) is 23.4 Å². The number of benzene rings is 1. The molecule has 0 amide bonds. The predicted octanol–water partition coefficient (Wildman–Crippen LogP) is 2.89. The Balaban J connectivity index is 2.58. The van der Waals surface area contributed by atoms with Crippen molar-refractivity contribution in [2.24, 2.45) is 0 Å². The quantitative estimate of drug-likeness (QED) is 0.890. The van der Waals surface area contributed by atoms with Gasteiger partial charge in [0.1, 0.15) is 17.3 Å². The van der Waals surface area contributed by atoms with Crippen molar-refractivity contribution in [1.82, 2.24) is 15.1 Å². The van der Waals surface area contributed by atoms with Crippen LogP contribution in [0.5, 0.6) is 5.75 Å². The summed E-state index contributed by atoms with van der Waals surface area (Å²) in [5.74, 6) is -0.393. The van der Waals surface area contributed by atoms with Gasteiger partial charge in [0, 0.05) is 12.1 Å². The summed E-state index contributed by atoms with van der Waals surface area (Å²) in [7, 11) is 1.53. The van der Waals surface area contributed by atoms with Crippen molar-refractivity contribution in [3.8, 4) is 5.75 Å². The van der Waals surface area contributed by atoms with Gasteiger partial charge in [0.05, 0.1) is 19.3 Å². The zero-order valence-corrected chi connectivity index (χ0v) is 12.4. The lowest BCUT2D eigenvalue weighted by molar-refractivity contribution is 0.397. The molecule has 1 unspecified atom stereocenters. The third-order valence-electron chi connectivity index (χ3n) is 3.32. The summed E-state index contributed by atoms with van der Waals surface area (Å²) < 4.78 is 34.7. The number of aromatic nitrogens is 2. The van der Waals surface area contributed by atoms with E-state index >= 15 is 0 Å². The van der Waals surface area contributed by atoms with Crippen LogP contribution in [0.25, 0.3) is 0 Å². The number of ether oxygens (including phenoxy) is 1. The number of halogens is 2. The Morgan fingerprint density at radius 2 is 2.10 bits per heavy atom. The lowest BCUT2D eigenvalue weighted by atomic mass is 10.0. The van der Waals surface area contributed by atoms with Gasteiger partial charge < -0.3 is 10.1 Å². The number of aryl methyl sites for hydroxylation is 1. The van der Waals surface area contributed by atoms with Gasteiger partial charge in [-0.15, -0.1) is 0 Å². The largest absolute Gasteiger partial charge is 0.493 e. The predicted molar refractivity (Wildman–Crippen MR) is 76.3 cm³/mol. The minimum absolute atomic E-state index is 0.241. The molecule has 0 radical (unpaired) electrons. The monoisotopic (exact) mass is 295 g/mol. The fourth-order valence-corrected chi connectivity index (χ4v) is 2.37. The number of hydrogen-bond acceptors (Lipinski definition) is 3. The molecule has 0 saturated heterocycles. The first kappa shape index (κ1) is 15.4. The molecule has 0 aliphatic carbocycles. The molecule has 0 fully saturated rings. The van der Waals surface area contributed by atoms with Crippen molar-refractivity contribution in [2.45, 2.75) is 26.4 Å². The van der Waals surface area contributed by atoms with Crippen LogP contribution in [0.2, 0.25) is 0 Å². The molecule has 1 heterocycles. The fraction of sp³-hybridized carbons (Fsp3) is 0.400. The maximum absolute atomic E-state index is 14.1. The Morgan fingerprint density at radius 3 is 2.71 bits per heavy atom. The van der Waals surface area contributed by atoms with Crippen LogP contribution in [-0.2, 0) is 6.54 Å². The van der Waals surface area contributed by atoms with Crippen molar-refractivity contribution < 1.29 is 13.5 Å². The highest BCUT2D eigenvalue weighted by atomic mass is 19.1. The zero-order chi connectivity index (χ0) is 15.4. The molecule has 2 rings (SSSR count). The maximum Gasteiger partial charge on any atom is 0.161 e. The van der Waals surface area contributed by atoms with Crippen LogP contribution in [0, 0.1) is 11.6 Å². The molecular formula is C15H19F2N3O. The smallest absolute Gasteiger partial charge is 0.161 e. The first-order valence-corrected chi connectivity index (χ1v) is 6.90. The Labute approximate surface area is 122 Å². The van der Waals surface area contributed by atoms with Crippen LogP contribution >= 0.6 is 0 Å². The lowest BCUT2D eigenvalue weighted by Gasteiger charge is -2.21. The maximum atomic E-state index is 14.1. The van der Waals surface area contributed by atoms with Crippen LogP contribution in [0.4, 0.5) is 8.78 Å². The molecular weight excluding hydrogens is 276 g/mol. The molecule has 6 heteroatoms. The summed E-state index contributed by atoms with van der Waals surface area (Å²) >= 11 is 0. The van der Waals surface area contributed by atoms with E-state index in [1.54, 1.807) is 10.9 Å². The van der Waals surface area contributed by atoms with E-state index in [1.165, 1.54) is 13.2 Å². The van der Waals surface area contributed by atoms with Crippen molar-refractivity contribution >= 4 is 0 Å². The minimum atomic E-state index is -0.525. The third-order valence-corrected chi connectivity index (χ3v) is 3.32. The van der Waals surface area contributed by atoms with Gasteiger partial charge in [0.2, 0.25) is 0 Å². The van der Waals surface area contributed by atoms with Crippen LogP contribution in [0.3, 0.4) is 0 Å². The Kier molecular flexibility index (Phi) is 4.90. The highest BCUT2D eigenvalue weighted by molar-refractivity contribution is 5.37. The molecule has 2 aromatic rings. The summed E-state index contributed by atoms with van der Waals surface area (Å²) in [5.41, 5.74) is 0.928.